The normalized spacial score (nSPS) is 45.0. The number of esters is 1. The average Bonchev–Trinajstić information content (AvgIpc) is 3.08. The predicted octanol–water partition coefficient (Wildman–Crippen LogP) is 3.46. The molecule has 2 fully saturated rings. The van der Waals surface area contributed by atoms with Crippen LogP contribution in [0.3, 0.4) is 0 Å². The van der Waals surface area contributed by atoms with Crippen molar-refractivity contribution in [2.24, 2.45) is 5.92 Å². The summed E-state index contributed by atoms with van der Waals surface area (Å²) in [4.78, 5) is 12.0. The summed E-state index contributed by atoms with van der Waals surface area (Å²) in [5.74, 6) is -0.566. The van der Waals surface area contributed by atoms with Crippen LogP contribution in [0.5, 0.6) is 0 Å². The number of aliphatic hydroxyl groups is 1. The Kier molecular flexibility index (Phi) is 4.71. The van der Waals surface area contributed by atoms with Gasteiger partial charge < -0.3 is 14.6 Å². The van der Waals surface area contributed by atoms with Crippen LogP contribution in [0.15, 0.2) is 35.5 Å². The smallest absolute Gasteiger partial charge is 0.334 e. The molecule has 0 aromatic carbocycles. The molecule has 4 nitrogen and oxygen atoms in total. The number of hydrogen-bond donors (Lipinski definition) is 1. The monoisotopic (exact) mass is 332 g/mol. The third-order valence-electron chi connectivity index (χ3n) is 5.77. The first-order valence-electron chi connectivity index (χ1n) is 8.90. The van der Waals surface area contributed by atoms with Gasteiger partial charge in [0, 0.05) is 11.5 Å². The van der Waals surface area contributed by atoms with Crippen LogP contribution in [0.4, 0.5) is 0 Å². The van der Waals surface area contributed by atoms with E-state index in [4.69, 9.17) is 9.47 Å². The molecule has 0 amide bonds. The zero-order valence-electron chi connectivity index (χ0n) is 14.9. The Labute approximate surface area is 144 Å². The van der Waals surface area contributed by atoms with Crippen molar-refractivity contribution in [1.82, 2.24) is 0 Å². The van der Waals surface area contributed by atoms with E-state index in [1.165, 1.54) is 5.57 Å². The Balaban J connectivity index is 1.84. The van der Waals surface area contributed by atoms with E-state index >= 15 is 0 Å². The van der Waals surface area contributed by atoms with E-state index in [0.29, 0.717) is 12.0 Å². The molecule has 2 saturated heterocycles. The number of aliphatic hydroxyl groups excluding tert-OH is 1. The van der Waals surface area contributed by atoms with E-state index in [9.17, 15) is 9.90 Å². The summed E-state index contributed by atoms with van der Waals surface area (Å²) in [6.07, 6.45) is 7.64. The van der Waals surface area contributed by atoms with Crippen LogP contribution >= 0.6 is 0 Å². The van der Waals surface area contributed by atoms with E-state index < -0.39 is 12.2 Å². The summed E-state index contributed by atoms with van der Waals surface area (Å²) >= 11 is 0. The second-order valence-corrected chi connectivity index (χ2v) is 7.68. The summed E-state index contributed by atoms with van der Waals surface area (Å²) < 4.78 is 11.4. The molecule has 0 spiro atoms. The van der Waals surface area contributed by atoms with Crippen molar-refractivity contribution in [3.63, 3.8) is 0 Å². The number of hydrogen-bond acceptors (Lipinski definition) is 4. The van der Waals surface area contributed by atoms with Crippen molar-refractivity contribution in [2.45, 2.75) is 76.8 Å². The molecule has 1 N–H and O–H groups in total. The molecule has 0 saturated carbocycles. The SMILES string of the molecule is C=C1C(=O)O[C@@H]2[C@@H]1C[C@H]1O[C@]1(C)CC/C=C(\C)CC/C=C(\C)[C@@H]2O. The number of ether oxygens (including phenoxy) is 2. The molecule has 0 aromatic heterocycles. The minimum Gasteiger partial charge on any atom is -0.455 e. The van der Waals surface area contributed by atoms with E-state index in [1.807, 2.05) is 6.92 Å². The molecule has 24 heavy (non-hydrogen) atoms. The van der Waals surface area contributed by atoms with Crippen LogP contribution in [-0.2, 0) is 14.3 Å². The fourth-order valence-electron chi connectivity index (χ4n) is 3.85. The third-order valence-corrected chi connectivity index (χ3v) is 5.77. The number of fused-ring (bicyclic) bond motifs is 2. The van der Waals surface area contributed by atoms with Gasteiger partial charge in [-0.1, -0.05) is 24.3 Å². The molecular weight excluding hydrogens is 304 g/mol. The topological polar surface area (TPSA) is 59.1 Å². The minimum absolute atomic E-state index is 0.101. The zero-order chi connectivity index (χ0) is 17.5. The fraction of sp³-hybridized carbons (Fsp3) is 0.650. The van der Waals surface area contributed by atoms with Gasteiger partial charge in [0.15, 0.2) is 0 Å². The van der Waals surface area contributed by atoms with Gasteiger partial charge in [0.05, 0.1) is 11.7 Å². The van der Waals surface area contributed by atoms with Crippen LogP contribution in [-0.4, -0.2) is 35.0 Å². The maximum atomic E-state index is 12.0. The molecule has 5 atom stereocenters. The summed E-state index contributed by atoms with van der Waals surface area (Å²) in [6.45, 7) is 10.1. The number of epoxide rings is 1. The van der Waals surface area contributed by atoms with Crippen molar-refractivity contribution >= 4 is 5.97 Å². The fourth-order valence-corrected chi connectivity index (χ4v) is 3.85. The lowest BCUT2D eigenvalue weighted by atomic mass is 9.84. The Bertz CT molecular complexity index is 603. The Morgan fingerprint density at radius 3 is 2.79 bits per heavy atom. The van der Waals surface area contributed by atoms with E-state index in [0.717, 1.165) is 31.3 Å². The highest BCUT2D eigenvalue weighted by molar-refractivity contribution is 5.91. The van der Waals surface area contributed by atoms with Crippen molar-refractivity contribution in [3.05, 3.63) is 35.5 Å². The number of carbonyl (C=O) groups excluding carboxylic acids is 1. The van der Waals surface area contributed by atoms with Gasteiger partial charge >= 0.3 is 5.97 Å². The van der Waals surface area contributed by atoms with Crippen LogP contribution < -0.4 is 0 Å². The molecule has 0 radical (unpaired) electrons. The van der Waals surface area contributed by atoms with Gasteiger partial charge in [-0.3, -0.25) is 0 Å². The lowest BCUT2D eigenvalue weighted by Gasteiger charge is -2.24. The van der Waals surface area contributed by atoms with Gasteiger partial charge in [-0.25, -0.2) is 4.79 Å². The molecule has 0 bridgehead atoms. The molecule has 3 aliphatic rings. The lowest BCUT2D eigenvalue weighted by Crippen LogP contribution is -2.33. The van der Waals surface area contributed by atoms with Crippen molar-refractivity contribution in [1.29, 1.82) is 0 Å². The van der Waals surface area contributed by atoms with Gasteiger partial charge in [-0.15, -0.1) is 0 Å². The second-order valence-electron chi connectivity index (χ2n) is 7.68. The number of carbonyl (C=O) groups is 1. The first kappa shape index (κ1) is 17.4. The van der Waals surface area contributed by atoms with Crippen LogP contribution in [0, 0.1) is 5.92 Å². The highest BCUT2D eigenvalue weighted by Crippen LogP contribution is 2.47. The molecule has 4 heteroatoms. The Morgan fingerprint density at radius 2 is 2.04 bits per heavy atom. The molecule has 0 unspecified atom stereocenters. The van der Waals surface area contributed by atoms with E-state index in [-0.39, 0.29) is 23.6 Å². The number of rotatable bonds is 0. The molecule has 2 aliphatic heterocycles. The van der Waals surface area contributed by atoms with Crippen molar-refractivity contribution < 1.29 is 19.4 Å². The highest BCUT2D eigenvalue weighted by atomic mass is 16.6. The first-order chi connectivity index (χ1) is 11.3. The minimum atomic E-state index is -0.782. The summed E-state index contributed by atoms with van der Waals surface area (Å²) in [5, 5.41) is 10.7. The Morgan fingerprint density at radius 1 is 1.29 bits per heavy atom. The summed E-state index contributed by atoms with van der Waals surface area (Å²) in [5.41, 5.74) is 2.56. The predicted molar refractivity (Wildman–Crippen MR) is 92.4 cm³/mol. The zero-order valence-corrected chi connectivity index (χ0v) is 14.9. The molecule has 1 aliphatic carbocycles. The maximum absolute atomic E-state index is 12.0. The largest absolute Gasteiger partial charge is 0.455 e. The third kappa shape index (κ3) is 3.35. The second kappa shape index (κ2) is 6.49. The molecule has 0 aromatic rings. The van der Waals surface area contributed by atoms with Crippen LogP contribution in [0.1, 0.15) is 52.9 Å². The van der Waals surface area contributed by atoms with E-state index in [1.54, 1.807) is 0 Å². The van der Waals surface area contributed by atoms with Gasteiger partial charge in [0.1, 0.15) is 12.2 Å². The Hall–Kier alpha value is -1.39. The lowest BCUT2D eigenvalue weighted by molar-refractivity contribution is -0.142. The van der Waals surface area contributed by atoms with Gasteiger partial charge in [0.2, 0.25) is 0 Å². The quantitative estimate of drug-likeness (QED) is 0.319. The van der Waals surface area contributed by atoms with Gasteiger partial charge in [-0.2, -0.15) is 0 Å². The molecule has 2 heterocycles. The standard InChI is InChI=1S/C20H28O4/c1-12-7-5-9-13(2)17(21)18-15(14(3)19(22)23-18)11-16-20(4,24-16)10-6-8-12/h8-9,15-18,21H,3,5-7,10-11H2,1-2,4H3/b12-8+,13-9+/t15-,16-,17+,18-,20-/m1/s1. The summed E-state index contributed by atoms with van der Waals surface area (Å²) in [7, 11) is 0. The van der Waals surface area contributed by atoms with Crippen molar-refractivity contribution in [2.75, 3.05) is 0 Å². The maximum Gasteiger partial charge on any atom is 0.334 e. The van der Waals surface area contributed by atoms with Gasteiger partial charge in [0.25, 0.3) is 0 Å². The summed E-state index contributed by atoms with van der Waals surface area (Å²) in [6, 6.07) is 0. The van der Waals surface area contributed by atoms with E-state index in [2.05, 4.69) is 32.6 Å². The van der Waals surface area contributed by atoms with Crippen molar-refractivity contribution in [3.8, 4) is 0 Å². The van der Waals surface area contributed by atoms with Crippen LogP contribution in [0.2, 0.25) is 0 Å². The molecular formula is C20H28O4. The van der Waals surface area contributed by atoms with Gasteiger partial charge in [-0.05, 0) is 58.4 Å². The highest BCUT2D eigenvalue weighted by Gasteiger charge is 2.55. The first-order valence-corrected chi connectivity index (χ1v) is 8.90. The molecule has 3 rings (SSSR count). The average molecular weight is 332 g/mol. The number of allylic oxidation sites excluding steroid dienone is 3. The molecule has 132 valence electrons. The van der Waals surface area contributed by atoms with Crippen LogP contribution in [0.25, 0.3) is 0 Å².